The van der Waals surface area contributed by atoms with Crippen LogP contribution >= 0.6 is 50.7 Å². The molecule has 106 valence electrons. The molecular weight excluding hydrogens is 382 g/mol. The molecule has 0 aromatic heterocycles. The molecular formula is C15H12BrCl3O. The van der Waals surface area contributed by atoms with Crippen molar-refractivity contribution in [3.8, 4) is 5.75 Å². The Morgan fingerprint density at radius 1 is 1.10 bits per heavy atom. The van der Waals surface area contributed by atoms with Crippen molar-refractivity contribution in [1.29, 1.82) is 0 Å². The van der Waals surface area contributed by atoms with Gasteiger partial charge in [0.05, 0.1) is 12.0 Å². The lowest BCUT2D eigenvalue weighted by atomic mass is 10.0. The van der Waals surface area contributed by atoms with E-state index >= 15 is 0 Å². The van der Waals surface area contributed by atoms with Crippen molar-refractivity contribution >= 4 is 50.7 Å². The molecule has 0 amide bonds. The summed E-state index contributed by atoms with van der Waals surface area (Å²) in [6, 6.07) is 11.0. The average molecular weight is 395 g/mol. The molecule has 0 heterocycles. The van der Waals surface area contributed by atoms with Gasteiger partial charge in [-0.25, -0.2) is 0 Å². The predicted octanol–water partition coefficient (Wildman–Crippen LogP) is 6.48. The van der Waals surface area contributed by atoms with Gasteiger partial charge in [-0.05, 0) is 48.4 Å². The van der Waals surface area contributed by atoms with E-state index in [-0.39, 0.29) is 5.38 Å². The minimum atomic E-state index is -0.337. The third-order valence-corrected chi connectivity index (χ3v) is 4.34. The van der Waals surface area contributed by atoms with Crippen molar-refractivity contribution in [2.45, 2.75) is 12.3 Å². The van der Waals surface area contributed by atoms with Crippen molar-refractivity contribution in [3.63, 3.8) is 0 Å². The molecule has 1 nitrogen and oxygen atoms in total. The van der Waals surface area contributed by atoms with Crippen molar-refractivity contribution in [3.05, 3.63) is 62.0 Å². The number of hydrogen-bond acceptors (Lipinski definition) is 1. The molecule has 0 saturated heterocycles. The predicted molar refractivity (Wildman–Crippen MR) is 89.5 cm³/mol. The normalized spacial score (nSPS) is 12.2. The largest absolute Gasteiger partial charge is 0.494 e. The Hall–Kier alpha value is -0.410. The Labute approximate surface area is 141 Å². The van der Waals surface area contributed by atoms with Crippen molar-refractivity contribution in [2.24, 2.45) is 0 Å². The summed E-state index contributed by atoms with van der Waals surface area (Å²) in [5.41, 5.74) is 1.79. The highest BCUT2D eigenvalue weighted by molar-refractivity contribution is 9.10. The van der Waals surface area contributed by atoms with Crippen molar-refractivity contribution < 1.29 is 4.74 Å². The Morgan fingerprint density at radius 3 is 2.30 bits per heavy atom. The summed E-state index contributed by atoms with van der Waals surface area (Å²) >= 11 is 22.1. The number of alkyl halides is 1. The molecule has 20 heavy (non-hydrogen) atoms. The molecule has 0 radical (unpaired) electrons. The monoisotopic (exact) mass is 392 g/mol. The summed E-state index contributed by atoms with van der Waals surface area (Å²) in [5.74, 6) is 0.802. The van der Waals surface area contributed by atoms with Gasteiger partial charge in [-0.1, -0.05) is 45.2 Å². The zero-order valence-corrected chi connectivity index (χ0v) is 14.5. The molecule has 5 heteroatoms. The summed E-state index contributed by atoms with van der Waals surface area (Å²) in [6.07, 6.45) is 0. The van der Waals surface area contributed by atoms with E-state index in [1.54, 1.807) is 6.07 Å². The van der Waals surface area contributed by atoms with Gasteiger partial charge in [-0.3, -0.25) is 0 Å². The second-order valence-electron chi connectivity index (χ2n) is 4.18. The molecule has 0 fully saturated rings. The van der Waals surface area contributed by atoms with Gasteiger partial charge in [0.15, 0.2) is 0 Å². The zero-order valence-electron chi connectivity index (χ0n) is 10.7. The Morgan fingerprint density at radius 2 is 1.75 bits per heavy atom. The molecule has 0 spiro atoms. The van der Waals surface area contributed by atoms with Gasteiger partial charge in [0, 0.05) is 14.5 Å². The van der Waals surface area contributed by atoms with E-state index in [9.17, 15) is 0 Å². The lowest BCUT2D eigenvalue weighted by Gasteiger charge is -2.14. The van der Waals surface area contributed by atoms with Crippen LogP contribution in [0.1, 0.15) is 23.4 Å². The third kappa shape index (κ3) is 3.82. The maximum absolute atomic E-state index is 6.52. The summed E-state index contributed by atoms with van der Waals surface area (Å²) in [6.45, 7) is 2.57. The molecule has 2 aromatic rings. The fourth-order valence-electron chi connectivity index (χ4n) is 1.87. The standard InChI is InChI=1S/C15H12BrCl3O/c1-2-20-12-3-4-13(14(16)8-12)15(19)9-5-10(17)7-11(18)6-9/h3-8,15H,2H2,1H3. The maximum Gasteiger partial charge on any atom is 0.120 e. The molecule has 0 bridgehead atoms. The van der Waals surface area contributed by atoms with Crippen LogP contribution in [0.15, 0.2) is 40.9 Å². The number of ether oxygens (including phenoxy) is 1. The van der Waals surface area contributed by atoms with Crippen LogP contribution in [0.2, 0.25) is 10.0 Å². The van der Waals surface area contributed by atoms with E-state index in [4.69, 9.17) is 39.5 Å². The molecule has 2 rings (SSSR count). The molecule has 0 aliphatic rings. The Balaban J connectivity index is 2.35. The highest BCUT2D eigenvalue weighted by Crippen LogP contribution is 2.37. The Kier molecular flexibility index (Phi) is 5.62. The second-order valence-corrected chi connectivity index (χ2v) is 6.35. The SMILES string of the molecule is CCOc1ccc(C(Cl)c2cc(Cl)cc(Cl)c2)c(Br)c1. The summed E-state index contributed by atoms with van der Waals surface area (Å²) in [5, 5.41) is 0.802. The first-order chi connectivity index (χ1) is 9.51. The minimum Gasteiger partial charge on any atom is -0.494 e. The van der Waals surface area contributed by atoms with Gasteiger partial charge < -0.3 is 4.74 Å². The summed E-state index contributed by atoms with van der Waals surface area (Å²) < 4.78 is 6.34. The highest BCUT2D eigenvalue weighted by atomic mass is 79.9. The number of hydrogen-bond donors (Lipinski definition) is 0. The van der Waals surface area contributed by atoms with Crippen LogP contribution in [0, 0.1) is 0 Å². The average Bonchev–Trinajstić information content (AvgIpc) is 2.37. The fraction of sp³-hybridized carbons (Fsp3) is 0.200. The van der Waals surface area contributed by atoms with E-state index in [0.717, 1.165) is 21.3 Å². The Bertz CT molecular complexity index is 596. The first-order valence-corrected chi connectivity index (χ1v) is 8.02. The van der Waals surface area contributed by atoms with Crippen molar-refractivity contribution in [1.82, 2.24) is 0 Å². The van der Waals surface area contributed by atoms with Crippen LogP contribution in [-0.4, -0.2) is 6.61 Å². The van der Waals surface area contributed by atoms with E-state index in [2.05, 4.69) is 15.9 Å². The third-order valence-electron chi connectivity index (χ3n) is 2.73. The number of rotatable bonds is 4. The quantitative estimate of drug-likeness (QED) is 0.539. The lowest BCUT2D eigenvalue weighted by molar-refractivity contribution is 0.340. The first-order valence-electron chi connectivity index (χ1n) is 6.03. The van der Waals surface area contributed by atoms with Crippen molar-refractivity contribution in [2.75, 3.05) is 6.61 Å². The molecule has 1 unspecified atom stereocenters. The topological polar surface area (TPSA) is 9.23 Å². The van der Waals surface area contributed by atoms with Gasteiger partial charge in [0.25, 0.3) is 0 Å². The molecule has 1 atom stereocenters. The van der Waals surface area contributed by atoms with Gasteiger partial charge >= 0.3 is 0 Å². The summed E-state index contributed by atoms with van der Waals surface area (Å²) in [4.78, 5) is 0. The zero-order chi connectivity index (χ0) is 14.7. The molecule has 2 aromatic carbocycles. The summed E-state index contributed by atoms with van der Waals surface area (Å²) in [7, 11) is 0. The van der Waals surface area contributed by atoms with Crippen LogP contribution in [-0.2, 0) is 0 Å². The van der Waals surface area contributed by atoms with E-state index in [0.29, 0.717) is 16.7 Å². The van der Waals surface area contributed by atoms with E-state index in [1.807, 2.05) is 37.3 Å². The van der Waals surface area contributed by atoms with Gasteiger partial charge in [-0.15, -0.1) is 11.6 Å². The highest BCUT2D eigenvalue weighted by Gasteiger charge is 2.16. The van der Waals surface area contributed by atoms with Crippen LogP contribution in [0.25, 0.3) is 0 Å². The number of halogens is 4. The fourth-order valence-corrected chi connectivity index (χ4v) is 3.45. The van der Waals surface area contributed by atoms with Gasteiger partial charge in [-0.2, -0.15) is 0 Å². The van der Waals surface area contributed by atoms with Gasteiger partial charge in [0.2, 0.25) is 0 Å². The van der Waals surface area contributed by atoms with Crippen LogP contribution < -0.4 is 4.74 Å². The van der Waals surface area contributed by atoms with Crippen LogP contribution in [0.4, 0.5) is 0 Å². The maximum atomic E-state index is 6.52. The van der Waals surface area contributed by atoms with E-state index in [1.165, 1.54) is 0 Å². The van der Waals surface area contributed by atoms with Gasteiger partial charge in [0.1, 0.15) is 5.75 Å². The number of benzene rings is 2. The van der Waals surface area contributed by atoms with Crippen LogP contribution in [0.3, 0.4) is 0 Å². The molecule has 0 aliphatic heterocycles. The minimum absolute atomic E-state index is 0.337. The van der Waals surface area contributed by atoms with Crippen LogP contribution in [0.5, 0.6) is 5.75 Å². The lowest BCUT2D eigenvalue weighted by Crippen LogP contribution is -1.97. The van der Waals surface area contributed by atoms with E-state index < -0.39 is 0 Å². The second kappa shape index (κ2) is 7.04. The first kappa shape index (κ1) is 16.0. The smallest absolute Gasteiger partial charge is 0.120 e. The molecule has 0 N–H and O–H groups in total. The molecule has 0 saturated carbocycles. The molecule has 0 aliphatic carbocycles.